The lowest BCUT2D eigenvalue weighted by molar-refractivity contribution is -0.134. The van der Waals surface area contributed by atoms with Crippen molar-refractivity contribution in [1.82, 2.24) is 14.7 Å². The summed E-state index contributed by atoms with van der Waals surface area (Å²) in [5.74, 6) is -1.10. The van der Waals surface area contributed by atoms with Gasteiger partial charge in [0.15, 0.2) is 0 Å². The number of nitrogens with zero attached hydrogens (tertiary/aromatic N) is 3. The summed E-state index contributed by atoms with van der Waals surface area (Å²) in [5.41, 5.74) is 0. The van der Waals surface area contributed by atoms with Crippen molar-refractivity contribution in [3.8, 4) is 0 Å². The van der Waals surface area contributed by atoms with E-state index in [4.69, 9.17) is 0 Å². The maximum Gasteiger partial charge on any atom is 0.275 e. The van der Waals surface area contributed by atoms with Crippen LogP contribution in [0, 0.1) is 11.8 Å². The molecule has 0 radical (unpaired) electrons. The smallest absolute Gasteiger partial charge is 0.275 e. The molecule has 0 aromatic heterocycles. The van der Waals surface area contributed by atoms with Gasteiger partial charge in [0.1, 0.15) is 0 Å². The second-order valence-corrected chi connectivity index (χ2v) is 8.56. The Hall–Kier alpha value is -0.750. The number of amides is 1. The summed E-state index contributed by atoms with van der Waals surface area (Å²) >= 11 is 0. The molecule has 3 aliphatic heterocycles. The molecule has 1 amide bonds. The third kappa shape index (κ3) is 5.88. The fourth-order valence-electron chi connectivity index (χ4n) is 5.34. The fourth-order valence-corrected chi connectivity index (χ4v) is 5.34. The molecular formula is C22H41F2N3O. The van der Waals surface area contributed by atoms with Gasteiger partial charge in [0.25, 0.3) is 5.92 Å². The molecular weight excluding hydrogens is 360 g/mol. The molecule has 3 heterocycles. The number of hydrogen-bond acceptors (Lipinski definition) is 3. The van der Waals surface area contributed by atoms with Crippen LogP contribution in [0.25, 0.3) is 0 Å². The van der Waals surface area contributed by atoms with Crippen molar-refractivity contribution in [1.29, 1.82) is 0 Å². The molecule has 0 aliphatic carbocycles. The van der Waals surface area contributed by atoms with E-state index in [2.05, 4.69) is 11.8 Å². The minimum atomic E-state index is -2.59. The summed E-state index contributed by atoms with van der Waals surface area (Å²) in [7, 11) is 0. The van der Waals surface area contributed by atoms with Crippen molar-refractivity contribution < 1.29 is 13.6 Å². The predicted octanol–water partition coefficient (Wildman–Crippen LogP) is 4.10. The molecule has 0 bridgehead atoms. The maximum atomic E-state index is 14.7. The van der Waals surface area contributed by atoms with Gasteiger partial charge < -0.3 is 4.90 Å². The molecule has 0 N–H and O–H groups in total. The largest absolute Gasteiger partial charge is 0.343 e. The van der Waals surface area contributed by atoms with Crippen molar-refractivity contribution in [2.24, 2.45) is 11.8 Å². The molecule has 3 aliphatic rings. The zero-order chi connectivity index (χ0) is 20.7. The van der Waals surface area contributed by atoms with Crippen LogP contribution in [0.1, 0.15) is 66.2 Å². The van der Waals surface area contributed by atoms with Crippen LogP contribution in [0.2, 0.25) is 0 Å². The van der Waals surface area contributed by atoms with Gasteiger partial charge in [-0.05, 0) is 70.0 Å². The van der Waals surface area contributed by atoms with Gasteiger partial charge in [-0.15, -0.1) is 0 Å². The van der Waals surface area contributed by atoms with E-state index in [9.17, 15) is 13.6 Å². The van der Waals surface area contributed by atoms with Crippen molar-refractivity contribution >= 4 is 5.91 Å². The van der Waals surface area contributed by atoms with Gasteiger partial charge in [-0.25, -0.2) is 8.78 Å². The third-order valence-corrected chi connectivity index (χ3v) is 6.85. The SMILES string of the molecule is CC.CCCN1CCC(N2CCC(C3CCN(C(C)=O)CC3)CC2)C(F)(F)C1. The van der Waals surface area contributed by atoms with E-state index in [1.54, 1.807) is 6.92 Å². The Kier molecular flexibility index (Phi) is 9.13. The number of carbonyl (C=O) groups excluding carboxylic acids is 1. The highest BCUT2D eigenvalue weighted by atomic mass is 19.3. The number of halogens is 2. The average Bonchev–Trinajstić information content (AvgIpc) is 2.69. The maximum absolute atomic E-state index is 14.7. The van der Waals surface area contributed by atoms with Gasteiger partial charge in [0.05, 0.1) is 12.6 Å². The van der Waals surface area contributed by atoms with Crippen LogP contribution in [0.15, 0.2) is 0 Å². The van der Waals surface area contributed by atoms with E-state index >= 15 is 0 Å². The van der Waals surface area contributed by atoms with Crippen LogP contribution in [0.4, 0.5) is 8.78 Å². The van der Waals surface area contributed by atoms with Crippen LogP contribution >= 0.6 is 0 Å². The van der Waals surface area contributed by atoms with E-state index in [0.717, 1.165) is 71.4 Å². The van der Waals surface area contributed by atoms with E-state index in [1.807, 2.05) is 23.6 Å². The van der Waals surface area contributed by atoms with Crippen LogP contribution in [0.5, 0.6) is 0 Å². The van der Waals surface area contributed by atoms with Gasteiger partial charge in [-0.1, -0.05) is 20.8 Å². The van der Waals surface area contributed by atoms with Gasteiger partial charge in [-0.3, -0.25) is 14.6 Å². The van der Waals surface area contributed by atoms with E-state index in [0.29, 0.717) is 18.3 Å². The highest BCUT2D eigenvalue weighted by Gasteiger charge is 2.48. The average molecular weight is 402 g/mol. The number of likely N-dealkylation sites (tertiary alicyclic amines) is 3. The molecule has 4 nitrogen and oxygen atoms in total. The number of rotatable bonds is 4. The molecule has 28 heavy (non-hydrogen) atoms. The normalized spacial score (nSPS) is 27.9. The highest BCUT2D eigenvalue weighted by molar-refractivity contribution is 5.73. The van der Waals surface area contributed by atoms with Crippen LogP contribution < -0.4 is 0 Å². The monoisotopic (exact) mass is 401 g/mol. The van der Waals surface area contributed by atoms with Gasteiger partial charge in [-0.2, -0.15) is 0 Å². The second-order valence-electron chi connectivity index (χ2n) is 8.56. The molecule has 164 valence electrons. The number of alkyl halides is 2. The zero-order valence-corrected chi connectivity index (χ0v) is 18.4. The Morgan fingerprint density at radius 1 is 0.929 bits per heavy atom. The van der Waals surface area contributed by atoms with Crippen LogP contribution in [0.3, 0.4) is 0 Å². The number of carbonyl (C=O) groups is 1. The Bertz CT molecular complexity index is 472. The highest BCUT2D eigenvalue weighted by Crippen LogP contribution is 2.37. The summed E-state index contributed by atoms with van der Waals surface area (Å²) in [6.07, 6.45) is 5.76. The standard InChI is InChI=1S/C20H35F2N3O.C2H6/c1-3-9-23-10-8-19(20(21,22)15-23)25-13-6-18(7-14-25)17-4-11-24(12-5-17)16(2)26;1-2/h17-19H,3-15H2,1-2H3;1-2H3. The van der Waals surface area contributed by atoms with Crippen LogP contribution in [-0.4, -0.2) is 78.4 Å². The summed E-state index contributed by atoms with van der Waals surface area (Å²) < 4.78 is 29.4. The molecule has 0 saturated carbocycles. The first-order chi connectivity index (χ1) is 13.4. The fraction of sp³-hybridized carbons (Fsp3) is 0.955. The molecule has 1 atom stereocenters. The molecule has 1 unspecified atom stereocenters. The molecule has 0 aromatic carbocycles. The zero-order valence-electron chi connectivity index (χ0n) is 18.4. The van der Waals surface area contributed by atoms with Crippen molar-refractivity contribution in [2.45, 2.75) is 78.2 Å². The lowest BCUT2D eigenvalue weighted by atomic mass is 9.78. The Balaban J connectivity index is 0.00000136. The molecule has 3 rings (SSSR count). The number of hydrogen-bond donors (Lipinski definition) is 0. The topological polar surface area (TPSA) is 26.8 Å². The summed E-state index contributed by atoms with van der Waals surface area (Å²) in [6.45, 7) is 12.6. The molecule has 6 heteroatoms. The molecule has 0 spiro atoms. The Morgan fingerprint density at radius 3 is 1.93 bits per heavy atom. The molecule has 3 fully saturated rings. The molecule has 3 saturated heterocycles. The third-order valence-electron chi connectivity index (χ3n) is 6.85. The lowest BCUT2D eigenvalue weighted by Gasteiger charge is -2.47. The first-order valence-electron chi connectivity index (χ1n) is 11.5. The second kappa shape index (κ2) is 10.9. The summed E-state index contributed by atoms with van der Waals surface area (Å²) in [5, 5.41) is 0. The number of piperidine rings is 3. The first kappa shape index (κ1) is 23.5. The predicted molar refractivity (Wildman–Crippen MR) is 111 cm³/mol. The first-order valence-corrected chi connectivity index (χ1v) is 11.5. The van der Waals surface area contributed by atoms with Gasteiger partial charge >= 0.3 is 0 Å². The molecule has 0 aromatic rings. The minimum Gasteiger partial charge on any atom is -0.343 e. The van der Waals surface area contributed by atoms with Crippen LogP contribution in [-0.2, 0) is 4.79 Å². The Labute approximate surface area is 170 Å². The van der Waals surface area contributed by atoms with Gasteiger partial charge in [0.2, 0.25) is 5.91 Å². The summed E-state index contributed by atoms with van der Waals surface area (Å²) in [4.78, 5) is 17.4. The van der Waals surface area contributed by atoms with Crippen molar-refractivity contribution in [3.05, 3.63) is 0 Å². The van der Waals surface area contributed by atoms with E-state index in [-0.39, 0.29) is 12.5 Å². The van der Waals surface area contributed by atoms with Crippen molar-refractivity contribution in [3.63, 3.8) is 0 Å². The lowest BCUT2D eigenvalue weighted by Crippen LogP contribution is -2.59. The minimum absolute atomic E-state index is 0.0745. The Morgan fingerprint density at radius 2 is 1.46 bits per heavy atom. The summed E-state index contributed by atoms with van der Waals surface area (Å²) in [6, 6.07) is -0.573. The van der Waals surface area contributed by atoms with Gasteiger partial charge in [0, 0.05) is 26.6 Å². The van der Waals surface area contributed by atoms with E-state index < -0.39 is 12.0 Å². The quantitative estimate of drug-likeness (QED) is 0.709. The van der Waals surface area contributed by atoms with Crippen molar-refractivity contribution in [2.75, 3.05) is 45.8 Å². The van der Waals surface area contributed by atoms with E-state index in [1.165, 1.54) is 0 Å².